The average Bonchev–Trinajstić information content (AvgIpc) is 2.51. The van der Waals surface area contributed by atoms with Crippen molar-refractivity contribution in [3.8, 4) is 0 Å². The number of alkyl halides is 6. The Morgan fingerprint density at radius 1 is 1.13 bits per heavy atom. The summed E-state index contributed by atoms with van der Waals surface area (Å²) in [5.74, 6) is -10.9. The van der Waals surface area contributed by atoms with Gasteiger partial charge in [0.05, 0.1) is 7.11 Å². The van der Waals surface area contributed by atoms with Gasteiger partial charge < -0.3 is 4.74 Å². The van der Waals surface area contributed by atoms with Crippen molar-refractivity contribution in [2.75, 3.05) is 7.11 Å². The first-order chi connectivity index (χ1) is 10.6. The third kappa shape index (κ3) is 3.54. The summed E-state index contributed by atoms with van der Waals surface area (Å²) in [6, 6.07) is 7.34. The number of halogens is 6. The zero-order valence-electron chi connectivity index (χ0n) is 12.6. The summed E-state index contributed by atoms with van der Waals surface area (Å²) in [6.45, 7) is 4.59. The van der Waals surface area contributed by atoms with Crippen molar-refractivity contribution in [3.63, 3.8) is 0 Å². The van der Waals surface area contributed by atoms with Gasteiger partial charge in [-0.25, -0.2) is 8.78 Å². The third-order valence-electron chi connectivity index (χ3n) is 3.31. The monoisotopic (exact) mass is 338 g/mol. The summed E-state index contributed by atoms with van der Waals surface area (Å²) in [5.41, 5.74) is -1.43. The molecule has 7 heteroatoms. The quantitative estimate of drug-likeness (QED) is 0.360. The lowest BCUT2D eigenvalue weighted by molar-refractivity contribution is -0.247. The molecule has 1 aromatic carbocycles. The van der Waals surface area contributed by atoms with Crippen molar-refractivity contribution in [1.29, 1.82) is 0 Å². The van der Waals surface area contributed by atoms with Crippen molar-refractivity contribution in [2.24, 2.45) is 0 Å². The molecule has 0 amide bonds. The Hall–Kier alpha value is -1.92. The summed E-state index contributed by atoms with van der Waals surface area (Å²) < 4.78 is 84.8. The Kier molecular flexibility index (Phi) is 5.91. The smallest absolute Gasteiger partial charge is 0.373 e. The van der Waals surface area contributed by atoms with E-state index in [-0.39, 0.29) is 11.3 Å². The van der Waals surface area contributed by atoms with Crippen LogP contribution >= 0.6 is 0 Å². The van der Waals surface area contributed by atoms with E-state index in [2.05, 4.69) is 6.58 Å². The van der Waals surface area contributed by atoms with E-state index in [1.165, 1.54) is 31.2 Å². The molecule has 0 unspecified atom stereocenters. The first-order valence-electron chi connectivity index (χ1n) is 6.67. The average molecular weight is 338 g/mol. The van der Waals surface area contributed by atoms with Crippen LogP contribution in [0.25, 0.3) is 5.57 Å². The standard InChI is InChI=1S/C16H16F6O/c1-4-12(15(19,20)16(21,22)14(17)18)13(10(2)23-3)11-8-6-5-7-9-11/h5-9,14H,2,4H2,1,3H3/b13-12-. The summed E-state index contributed by atoms with van der Waals surface area (Å²) in [4.78, 5) is 0. The van der Waals surface area contributed by atoms with E-state index in [1.54, 1.807) is 6.07 Å². The molecule has 0 saturated heterocycles. The molecule has 0 aromatic heterocycles. The van der Waals surface area contributed by atoms with Gasteiger partial charge in [0.2, 0.25) is 0 Å². The molecule has 0 N–H and O–H groups in total. The maximum Gasteiger partial charge on any atom is 0.373 e. The minimum absolute atomic E-state index is 0.126. The number of hydrogen-bond acceptors (Lipinski definition) is 1. The zero-order chi connectivity index (χ0) is 17.8. The predicted octanol–water partition coefficient (Wildman–Crippen LogP) is 5.55. The topological polar surface area (TPSA) is 9.23 Å². The number of hydrogen-bond donors (Lipinski definition) is 0. The molecule has 0 atom stereocenters. The first-order valence-corrected chi connectivity index (χ1v) is 6.67. The summed E-state index contributed by atoms with van der Waals surface area (Å²) in [5, 5.41) is 0. The van der Waals surface area contributed by atoms with Crippen LogP contribution in [0.3, 0.4) is 0 Å². The van der Waals surface area contributed by atoms with Gasteiger partial charge in [-0.2, -0.15) is 17.6 Å². The van der Waals surface area contributed by atoms with Crippen LogP contribution in [0.5, 0.6) is 0 Å². The molecule has 0 radical (unpaired) electrons. The second-order valence-electron chi connectivity index (χ2n) is 4.70. The first kappa shape index (κ1) is 19.1. The van der Waals surface area contributed by atoms with Crippen LogP contribution in [0, 0.1) is 0 Å². The highest BCUT2D eigenvalue weighted by Crippen LogP contribution is 2.48. The molecule has 0 spiro atoms. The SMILES string of the molecule is C=C(OC)/C(=C(\CC)C(F)(F)C(F)(F)C(F)F)c1ccccc1. The van der Waals surface area contributed by atoms with Crippen LogP contribution in [-0.4, -0.2) is 25.4 Å². The van der Waals surface area contributed by atoms with Crippen molar-refractivity contribution in [2.45, 2.75) is 31.6 Å². The molecule has 128 valence electrons. The highest BCUT2D eigenvalue weighted by Gasteiger charge is 2.64. The Bertz CT molecular complexity index is 577. The lowest BCUT2D eigenvalue weighted by Crippen LogP contribution is -2.48. The van der Waals surface area contributed by atoms with Crippen molar-refractivity contribution >= 4 is 5.57 Å². The minimum Gasteiger partial charge on any atom is -0.497 e. The zero-order valence-corrected chi connectivity index (χ0v) is 12.6. The molecule has 1 rings (SSSR count). The highest BCUT2D eigenvalue weighted by molar-refractivity contribution is 5.80. The molecule has 0 aliphatic carbocycles. The number of benzene rings is 1. The maximum absolute atomic E-state index is 14.2. The van der Waals surface area contributed by atoms with E-state index in [0.29, 0.717) is 0 Å². The van der Waals surface area contributed by atoms with Crippen LogP contribution in [-0.2, 0) is 4.74 Å². The van der Waals surface area contributed by atoms with Crippen molar-refractivity contribution in [3.05, 3.63) is 53.8 Å². The highest BCUT2D eigenvalue weighted by atomic mass is 19.3. The molecule has 0 bridgehead atoms. The molecule has 23 heavy (non-hydrogen) atoms. The van der Waals surface area contributed by atoms with E-state index in [9.17, 15) is 26.3 Å². The Balaban J connectivity index is 3.67. The summed E-state index contributed by atoms with van der Waals surface area (Å²) in [7, 11) is 1.13. The van der Waals surface area contributed by atoms with Gasteiger partial charge in [-0.3, -0.25) is 0 Å². The van der Waals surface area contributed by atoms with E-state index in [0.717, 1.165) is 7.11 Å². The molecule has 1 aromatic rings. The Morgan fingerprint density at radius 3 is 2.04 bits per heavy atom. The van der Waals surface area contributed by atoms with Gasteiger partial charge in [0.15, 0.2) is 0 Å². The number of rotatable bonds is 7. The molecular formula is C16H16F6O. The second kappa shape index (κ2) is 7.10. The van der Waals surface area contributed by atoms with Crippen LogP contribution in [0.1, 0.15) is 18.9 Å². The number of ether oxygens (including phenoxy) is 1. The fourth-order valence-corrected chi connectivity index (χ4v) is 2.10. The van der Waals surface area contributed by atoms with E-state index in [4.69, 9.17) is 4.74 Å². The van der Waals surface area contributed by atoms with Crippen LogP contribution in [0.15, 0.2) is 48.2 Å². The van der Waals surface area contributed by atoms with Gasteiger partial charge in [0.25, 0.3) is 0 Å². The minimum atomic E-state index is -5.51. The van der Waals surface area contributed by atoms with E-state index >= 15 is 0 Å². The Morgan fingerprint density at radius 2 is 1.65 bits per heavy atom. The molecule has 0 aliphatic rings. The fraction of sp³-hybridized carbons (Fsp3) is 0.375. The molecule has 0 heterocycles. The lowest BCUT2D eigenvalue weighted by Gasteiger charge is -2.30. The lowest BCUT2D eigenvalue weighted by atomic mass is 9.90. The van der Waals surface area contributed by atoms with Crippen LogP contribution in [0.2, 0.25) is 0 Å². The van der Waals surface area contributed by atoms with Gasteiger partial charge in [0.1, 0.15) is 5.76 Å². The maximum atomic E-state index is 14.2. The molecule has 1 nitrogen and oxygen atoms in total. The molecular weight excluding hydrogens is 322 g/mol. The van der Waals surface area contributed by atoms with Gasteiger partial charge >= 0.3 is 18.3 Å². The summed E-state index contributed by atoms with van der Waals surface area (Å²) >= 11 is 0. The van der Waals surface area contributed by atoms with Gasteiger partial charge in [-0.15, -0.1) is 0 Å². The summed E-state index contributed by atoms with van der Waals surface area (Å²) in [6.07, 6.45) is -5.09. The van der Waals surface area contributed by atoms with Crippen molar-refractivity contribution < 1.29 is 31.1 Å². The van der Waals surface area contributed by atoms with Gasteiger partial charge in [-0.1, -0.05) is 43.8 Å². The van der Waals surface area contributed by atoms with Crippen LogP contribution < -0.4 is 0 Å². The fourth-order valence-electron chi connectivity index (χ4n) is 2.10. The predicted molar refractivity (Wildman–Crippen MR) is 75.7 cm³/mol. The third-order valence-corrected chi connectivity index (χ3v) is 3.31. The van der Waals surface area contributed by atoms with E-state index < -0.39 is 35.8 Å². The molecule has 0 fully saturated rings. The largest absolute Gasteiger partial charge is 0.497 e. The Labute approximate surface area is 130 Å². The van der Waals surface area contributed by atoms with Crippen LogP contribution in [0.4, 0.5) is 26.3 Å². The van der Waals surface area contributed by atoms with Gasteiger partial charge in [-0.05, 0) is 12.0 Å². The van der Waals surface area contributed by atoms with Crippen molar-refractivity contribution in [1.82, 2.24) is 0 Å². The number of methoxy groups -OCH3 is 1. The van der Waals surface area contributed by atoms with E-state index in [1.807, 2.05) is 0 Å². The second-order valence-corrected chi connectivity index (χ2v) is 4.70. The molecule has 0 saturated carbocycles. The van der Waals surface area contributed by atoms with Gasteiger partial charge in [0, 0.05) is 11.1 Å². The molecule has 0 aliphatic heterocycles. The normalized spacial score (nSPS) is 13.8. The number of allylic oxidation sites excluding steroid dienone is 2.